The number of carbonyl (C=O) groups excluding carboxylic acids is 1. The van der Waals surface area contributed by atoms with E-state index < -0.39 is 0 Å². The zero-order chi connectivity index (χ0) is 10.8. The van der Waals surface area contributed by atoms with E-state index in [0.717, 1.165) is 0 Å². The van der Waals surface area contributed by atoms with Gasteiger partial charge in [-0.2, -0.15) is 12.6 Å². The third-order valence-corrected chi connectivity index (χ3v) is 3.53. The zero-order valence-electron chi connectivity index (χ0n) is 8.54. The third-order valence-electron chi connectivity index (χ3n) is 2.31. The van der Waals surface area contributed by atoms with E-state index in [1.807, 2.05) is 13.8 Å². The van der Waals surface area contributed by atoms with Crippen molar-refractivity contribution in [1.29, 1.82) is 0 Å². The molecule has 0 bridgehead atoms. The van der Waals surface area contributed by atoms with Gasteiger partial charge in [-0.15, -0.1) is 11.8 Å². The van der Waals surface area contributed by atoms with Crippen molar-refractivity contribution in [1.82, 2.24) is 0 Å². The number of Topliss-reactive ketones (excluding diaryl/α,β-unsaturated/α-hetero) is 1. The van der Waals surface area contributed by atoms with Gasteiger partial charge in [0.1, 0.15) is 5.76 Å². The minimum atomic E-state index is -0.0870. The van der Waals surface area contributed by atoms with E-state index in [9.17, 15) is 9.90 Å². The van der Waals surface area contributed by atoms with Crippen molar-refractivity contribution in [2.24, 2.45) is 5.41 Å². The molecule has 0 aromatic rings. The monoisotopic (exact) mass is 232 g/mol. The van der Waals surface area contributed by atoms with Crippen LogP contribution in [-0.2, 0) is 4.79 Å². The molecule has 0 aromatic heterocycles. The standard InChI is InChI=1S/C10H16O2S2/c1-10(2)3-8(11)7(5-14-6-13)9(12)4-10/h11,13H,3-6H2,1-2H3. The molecule has 14 heavy (non-hydrogen) atoms. The van der Waals surface area contributed by atoms with Gasteiger partial charge in [0.2, 0.25) is 0 Å². The Morgan fingerprint density at radius 3 is 2.64 bits per heavy atom. The van der Waals surface area contributed by atoms with E-state index in [0.29, 0.717) is 29.3 Å². The first-order valence-corrected chi connectivity index (χ1v) is 6.38. The molecule has 0 radical (unpaired) electrons. The second-order valence-electron chi connectivity index (χ2n) is 4.34. The van der Waals surface area contributed by atoms with Gasteiger partial charge in [0.15, 0.2) is 5.78 Å². The van der Waals surface area contributed by atoms with E-state index >= 15 is 0 Å². The predicted octanol–water partition coefficient (Wildman–Crippen LogP) is 2.81. The summed E-state index contributed by atoms with van der Waals surface area (Å²) in [6.07, 6.45) is 1.15. The number of allylic oxidation sites excluding steroid dienone is 1. The van der Waals surface area contributed by atoms with Gasteiger partial charge in [0, 0.05) is 29.3 Å². The van der Waals surface area contributed by atoms with Crippen molar-refractivity contribution >= 4 is 30.2 Å². The van der Waals surface area contributed by atoms with Crippen LogP contribution in [0, 0.1) is 5.41 Å². The second kappa shape index (κ2) is 4.62. The number of aliphatic hydroxyl groups excluding tert-OH is 1. The summed E-state index contributed by atoms with van der Waals surface area (Å²) in [6, 6.07) is 0. The predicted molar refractivity (Wildman–Crippen MR) is 64.0 cm³/mol. The van der Waals surface area contributed by atoms with Gasteiger partial charge in [-0.3, -0.25) is 4.79 Å². The van der Waals surface area contributed by atoms with Crippen molar-refractivity contribution < 1.29 is 9.90 Å². The number of aliphatic hydroxyl groups is 1. The van der Waals surface area contributed by atoms with Gasteiger partial charge >= 0.3 is 0 Å². The lowest BCUT2D eigenvalue weighted by molar-refractivity contribution is -0.118. The van der Waals surface area contributed by atoms with Gasteiger partial charge in [-0.25, -0.2) is 0 Å². The Morgan fingerprint density at radius 2 is 2.14 bits per heavy atom. The first-order chi connectivity index (χ1) is 6.46. The Morgan fingerprint density at radius 1 is 1.50 bits per heavy atom. The summed E-state index contributed by atoms with van der Waals surface area (Å²) in [5.41, 5.74) is 0.513. The molecule has 0 saturated heterocycles. The van der Waals surface area contributed by atoms with Gasteiger partial charge in [0.05, 0.1) is 0 Å². The van der Waals surface area contributed by atoms with Crippen LogP contribution < -0.4 is 0 Å². The molecular weight excluding hydrogens is 216 g/mol. The normalized spacial score (nSPS) is 21.5. The number of hydrogen-bond acceptors (Lipinski definition) is 4. The molecule has 0 aliphatic heterocycles. The average molecular weight is 232 g/mol. The zero-order valence-corrected chi connectivity index (χ0v) is 10.3. The lowest BCUT2D eigenvalue weighted by atomic mass is 9.77. The maximum Gasteiger partial charge on any atom is 0.163 e. The molecule has 80 valence electrons. The molecule has 1 aliphatic rings. The molecule has 0 unspecified atom stereocenters. The molecule has 2 nitrogen and oxygen atoms in total. The maximum absolute atomic E-state index is 11.7. The smallest absolute Gasteiger partial charge is 0.163 e. The van der Waals surface area contributed by atoms with Crippen molar-refractivity contribution in [3.63, 3.8) is 0 Å². The van der Waals surface area contributed by atoms with Crippen LogP contribution in [0.1, 0.15) is 26.7 Å². The lowest BCUT2D eigenvalue weighted by Crippen LogP contribution is -2.26. The fourth-order valence-corrected chi connectivity index (χ4v) is 2.53. The van der Waals surface area contributed by atoms with E-state index in [2.05, 4.69) is 12.6 Å². The number of thiol groups is 1. The van der Waals surface area contributed by atoms with E-state index in [4.69, 9.17) is 0 Å². The first-order valence-electron chi connectivity index (χ1n) is 4.59. The number of hydrogen-bond donors (Lipinski definition) is 2. The quantitative estimate of drug-likeness (QED) is 0.580. The van der Waals surface area contributed by atoms with Crippen LogP contribution in [0.3, 0.4) is 0 Å². The minimum Gasteiger partial charge on any atom is -0.512 e. The topological polar surface area (TPSA) is 37.3 Å². The van der Waals surface area contributed by atoms with E-state index in [-0.39, 0.29) is 17.0 Å². The van der Waals surface area contributed by atoms with Crippen LogP contribution in [0.15, 0.2) is 11.3 Å². The summed E-state index contributed by atoms with van der Waals surface area (Å²) in [6.45, 7) is 4.01. The number of rotatable bonds is 3. The number of carbonyl (C=O) groups is 1. The van der Waals surface area contributed by atoms with Gasteiger partial charge < -0.3 is 5.11 Å². The molecule has 0 atom stereocenters. The summed E-state index contributed by atoms with van der Waals surface area (Å²) >= 11 is 5.61. The second-order valence-corrected chi connectivity index (χ2v) is 6.07. The fraction of sp³-hybridized carbons (Fsp3) is 0.700. The van der Waals surface area contributed by atoms with Gasteiger partial charge in [-0.1, -0.05) is 13.8 Å². The molecule has 1 aliphatic carbocycles. The highest BCUT2D eigenvalue weighted by Gasteiger charge is 2.32. The SMILES string of the molecule is CC1(C)CC(=O)C(CSCS)=C(O)C1. The summed E-state index contributed by atoms with van der Waals surface area (Å²) < 4.78 is 0. The summed E-state index contributed by atoms with van der Waals surface area (Å²) in [7, 11) is 0. The van der Waals surface area contributed by atoms with Crippen LogP contribution in [0.5, 0.6) is 0 Å². The number of thioether (sulfide) groups is 1. The summed E-state index contributed by atoms with van der Waals surface area (Å²) in [4.78, 5) is 11.7. The van der Waals surface area contributed by atoms with Crippen LogP contribution >= 0.6 is 24.4 Å². The van der Waals surface area contributed by atoms with E-state index in [1.165, 1.54) is 0 Å². The molecule has 1 N–H and O–H groups in total. The third kappa shape index (κ3) is 2.95. The molecule has 0 heterocycles. The van der Waals surface area contributed by atoms with Gasteiger partial charge in [-0.05, 0) is 5.41 Å². The Bertz CT molecular complexity index is 269. The number of ketones is 1. The van der Waals surface area contributed by atoms with Crippen molar-refractivity contribution in [2.45, 2.75) is 26.7 Å². The first kappa shape index (κ1) is 12.0. The van der Waals surface area contributed by atoms with Crippen molar-refractivity contribution in [3.05, 3.63) is 11.3 Å². The maximum atomic E-state index is 11.7. The Balaban J connectivity index is 2.77. The fourth-order valence-electron chi connectivity index (χ4n) is 1.64. The van der Waals surface area contributed by atoms with Gasteiger partial charge in [0.25, 0.3) is 0 Å². The Kier molecular flexibility index (Phi) is 3.95. The summed E-state index contributed by atoms with van der Waals surface area (Å²) in [5, 5.41) is 10.4. The highest BCUT2D eigenvalue weighted by Crippen LogP contribution is 2.36. The van der Waals surface area contributed by atoms with Crippen molar-refractivity contribution in [2.75, 3.05) is 10.8 Å². The Hall–Kier alpha value is -0.0900. The lowest BCUT2D eigenvalue weighted by Gasteiger charge is -2.29. The van der Waals surface area contributed by atoms with E-state index in [1.54, 1.807) is 11.8 Å². The van der Waals surface area contributed by atoms with Crippen LogP contribution in [0.2, 0.25) is 0 Å². The molecule has 0 amide bonds. The largest absolute Gasteiger partial charge is 0.512 e. The van der Waals surface area contributed by atoms with Crippen LogP contribution in [-0.4, -0.2) is 21.7 Å². The minimum absolute atomic E-state index is 0.0870. The highest BCUT2D eigenvalue weighted by atomic mass is 32.2. The molecule has 0 aromatic carbocycles. The van der Waals surface area contributed by atoms with Crippen molar-refractivity contribution in [3.8, 4) is 0 Å². The summed E-state index contributed by atoms with van der Waals surface area (Å²) in [5.74, 6) is 0.957. The Labute approximate surface area is 94.6 Å². The average Bonchev–Trinajstić information content (AvgIpc) is 2.00. The molecule has 0 saturated carbocycles. The molecular formula is C10H16O2S2. The molecule has 0 spiro atoms. The van der Waals surface area contributed by atoms with Crippen LogP contribution in [0.4, 0.5) is 0 Å². The molecule has 0 fully saturated rings. The molecule has 4 heteroatoms. The van der Waals surface area contributed by atoms with Crippen LogP contribution in [0.25, 0.3) is 0 Å². The highest BCUT2D eigenvalue weighted by molar-refractivity contribution is 8.09. The molecule has 1 rings (SSSR count).